The van der Waals surface area contributed by atoms with Gasteiger partial charge >= 0.3 is 0 Å². The maximum absolute atomic E-state index is 5.86. The molecule has 0 saturated heterocycles. The molecule has 0 aromatic heterocycles. The zero-order valence-electron chi connectivity index (χ0n) is 13.4. The second-order valence-electron chi connectivity index (χ2n) is 4.67. The van der Waals surface area contributed by atoms with E-state index < -0.39 is 0 Å². The summed E-state index contributed by atoms with van der Waals surface area (Å²) in [6.45, 7) is 4.54. The molecule has 118 valence electrons. The minimum atomic E-state index is 0.293. The summed E-state index contributed by atoms with van der Waals surface area (Å²) in [5, 5.41) is 3.12. The van der Waals surface area contributed by atoms with Crippen molar-refractivity contribution in [2.45, 2.75) is 32.9 Å². The first-order valence-corrected chi connectivity index (χ1v) is 6.91. The number of methoxy groups -OCH3 is 3. The Labute approximate surface area is 126 Å². The van der Waals surface area contributed by atoms with Crippen LogP contribution in [0.15, 0.2) is 17.1 Å². The summed E-state index contributed by atoms with van der Waals surface area (Å²) in [6.07, 6.45) is 0.982. The Morgan fingerprint density at radius 3 is 2.24 bits per heavy atom. The molecular formula is C15H25N3O3. The SMILES string of the molecule is CCC(C)NC(N)=NCc1cc(OC)c(OC)cc1OC. The lowest BCUT2D eigenvalue weighted by atomic mass is 10.1. The molecule has 1 unspecified atom stereocenters. The van der Waals surface area contributed by atoms with Gasteiger partial charge < -0.3 is 25.3 Å². The third kappa shape index (κ3) is 4.73. The van der Waals surface area contributed by atoms with Crippen molar-refractivity contribution < 1.29 is 14.2 Å². The quantitative estimate of drug-likeness (QED) is 0.593. The number of guanidine groups is 1. The van der Waals surface area contributed by atoms with E-state index in [0.717, 1.165) is 12.0 Å². The number of ether oxygens (including phenoxy) is 3. The van der Waals surface area contributed by atoms with E-state index in [-0.39, 0.29) is 0 Å². The number of nitrogens with zero attached hydrogens (tertiary/aromatic N) is 1. The number of aliphatic imine (C=N–C) groups is 1. The summed E-state index contributed by atoms with van der Waals surface area (Å²) < 4.78 is 15.9. The molecule has 3 N–H and O–H groups in total. The third-order valence-corrected chi connectivity index (χ3v) is 3.21. The van der Waals surface area contributed by atoms with Gasteiger partial charge in [-0.25, -0.2) is 4.99 Å². The fraction of sp³-hybridized carbons (Fsp3) is 0.533. The van der Waals surface area contributed by atoms with Gasteiger partial charge in [0.15, 0.2) is 17.5 Å². The fourth-order valence-corrected chi connectivity index (χ4v) is 1.79. The molecule has 1 aromatic rings. The van der Waals surface area contributed by atoms with Crippen LogP contribution in [0.4, 0.5) is 0 Å². The molecule has 0 heterocycles. The largest absolute Gasteiger partial charge is 0.496 e. The summed E-state index contributed by atoms with van der Waals surface area (Å²) in [7, 11) is 4.79. The van der Waals surface area contributed by atoms with Gasteiger partial charge in [-0.3, -0.25) is 0 Å². The Kier molecular flexibility index (Phi) is 6.65. The van der Waals surface area contributed by atoms with E-state index in [0.29, 0.717) is 35.8 Å². The van der Waals surface area contributed by atoms with Crippen LogP contribution in [-0.2, 0) is 6.54 Å². The zero-order valence-corrected chi connectivity index (χ0v) is 13.4. The molecule has 21 heavy (non-hydrogen) atoms. The molecule has 0 saturated carbocycles. The van der Waals surface area contributed by atoms with Crippen molar-refractivity contribution in [2.24, 2.45) is 10.7 Å². The van der Waals surface area contributed by atoms with Gasteiger partial charge in [-0.1, -0.05) is 6.92 Å². The van der Waals surface area contributed by atoms with E-state index >= 15 is 0 Å². The van der Waals surface area contributed by atoms with E-state index in [1.54, 1.807) is 27.4 Å². The van der Waals surface area contributed by atoms with Crippen LogP contribution in [0.2, 0.25) is 0 Å². The normalized spacial score (nSPS) is 12.7. The van der Waals surface area contributed by atoms with Gasteiger partial charge in [0, 0.05) is 17.7 Å². The highest BCUT2D eigenvalue weighted by atomic mass is 16.5. The van der Waals surface area contributed by atoms with Crippen LogP contribution in [0.5, 0.6) is 17.2 Å². The summed E-state index contributed by atoms with van der Waals surface area (Å²) in [4.78, 5) is 4.33. The number of nitrogens with two attached hydrogens (primary N) is 1. The van der Waals surface area contributed by atoms with Gasteiger partial charge in [0.1, 0.15) is 5.75 Å². The van der Waals surface area contributed by atoms with E-state index in [4.69, 9.17) is 19.9 Å². The van der Waals surface area contributed by atoms with Crippen molar-refractivity contribution in [1.82, 2.24) is 5.32 Å². The van der Waals surface area contributed by atoms with Gasteiger partial charge in [-0.15, -0.1) is 0 Å². The first-order valence-electron chi connectivity index (χ1n) is 6.91. The third-order valence-electron chi connectivity index (χ3n) is 3.21. The van der Waals surface area contributed by atoms with Crippen LogP contribution in [0.3, 0.4) is 0 Å². The molecule has 0 aliphatic carbocycles. The zero-order chi connectivity index (χ0) is 15.8. The molecule has 0 spiro atoms. The van der Waals surface area contributed by atoms with Gasteiger partial charge in [0.05, 0.1) is 27.9 Å². The van der Waals surface area contributed by atoms with E-state index in [1.807, 2.05) is 6.07 Å². The summed E-state index contributed by atoms with van der Waals surface area (Å²) >= 11 is 0. The summed E-state index contributed by atoms with van der Waals surface area (Å²) in [5.74, 6) is 2.36. The highest BCUT2D eigenvalue weighted by molar-refractivity contribution is 5.78. The first-order chi connectivity index (χ1) is 10.0. The Hall–Kier alpha value is -2.11. The summed E-state index contributed by atoms with van der Waals surface area (Å²) in [5.41, 5.74) is 6.74. The van der Waals surface area contributed by atoms with Gasteiger partial charge in [0.2, 0.25) is 0 Å². The Morgan fingerprint density at radius 2 is 1.71 bits per heavy atom. The Balaban J connectivity index is 2.94. The smallest absolute Gasteiger partial charge is 0.189 e. The summed E-state index contributed by atoms with van der Waals surface area (Å²) in [6, 6.07) is 3.92. The number of hydrogen-bond acceptors (Lipinski definition) is 4. The molecule has 0 bridgehead atoms. The van der Waals surface area contributed by atoms with Crippen LogP contribution in [0.1, 0.15) is 25.8 Å². The van der Waals surface area contributed by atoms with Crippen LogP contribution in [0.25, 0.3) is 0 Å². The molecule has 6 nitrogen and oxygen atoms in total. The number of benzene rings is 1. The predicted octanol–water partition coefficient (Wildman–Crippen LogP) is 1.92. The van der Waals surface area contributed by atoms with E-state index in [1.165, 1.54) is 0 Å². The Bertz CT molecular complexity index is 489. The topological polar surface area (TPSA) is 78.1 Å². The van der Waals surface area contributed by atoms with Crippen molar-refractivity contribution in [1.29, 1.82) is 0 Å². The molecule has 1 atom stereocenters. The predicted molar refractivity (Wildman–Crippen MR) is 84.3 cm³/mol. The molecule has 1 rings (SSSR count). The lowest BCUT2D eigenvalue weighted by Crippen LogP contribution is -2.38. The Morgan fingerprint density at radius 1 is 1.14 bits per heavy atom. The van der Waals surface area contributed by atoms with Crippen molar-refractivity contribution in [3.63, 3.8) is 0 Å². The molecule has 6 heteroatoms. The maximum atomic E-state index is 5.86. The van der Waals surface area contributed by atoms with Crippen LogP contribution in [0, 0.1) is 0 Å². The van der Waals surface area contributed by atoms with Crippen LogP contribution in [-0.4, -0.2) is 33.3 Å². The second kappa shape index (κ2) is 8.24. The fourth-order valence-electron chi connectivity index (χ4n) is 1.79. The van der Waals surface area contributed by atoms with Gasteiger partial charge in [-0.05, 0) is 19.4 Å². The molecule has 0 radical (unpaired) electrons. The van der Waals surface area contributed by atoms with Gasteiger partial charge in [-0.2, -0.15) is 0 Å². The van der Waals surface area contributed by atoms with Crippen molar-refractivity contribution in [2.75, 3.05) is 21.3 Å². The van der Waals surface area contributed by atoms with Gasteiger partial charge in [0.25, 0.3) is 0 Å². The second-order valence-corrected chi connectivity index (χ2v) is 4.67. The lowest BCUT2D eigenvalue weighted by molar-refractivity contribution is 0.347. The average molecular weight is 295 g/mol. The maximum Gasteiger partial charge on any atom is 0.189 e. The van der Waals surface area contributed by atoms with E-state index in [2.05, 4.69) is 24.2 Å². The molecule has 0 fully saturated rings. The monoisotopic (exact) mass is 295 g/mol. The molecule has 0 aliphatic rings. The minimum absolute atomic E-state index is 0.293. The van der Waals surface area contributed by atoms with Crippen molar-refractivity contribution in [3.05, 3.63) is 17.7 Å². The number of hydrogen-bond donors (Lipinski definition) is 2. The average Bonchev–Trinajstić information content (AvgIpc) is 2.51. The highest BCUT2D eigenvalue weighted by Crippen LogP contribution is 2.34. The van der Waals surface area contributed by atoms with Crippen LogP contribution >= 0.6 is 0 Å². The molecule has 1 aromatic carbocycles. The molecule has 0 aliphatic heterocycles. The van der Waals surface area contributed by atoms with Crippen LogP contribution < -0.4 is 25.3 Å². The molecular weight excluding hydrogens is 270 g/mol. The van der Waals surface area contributed by atoms with E-state index in [9.17, 15) is 0 Å². The molecule has 0 amide bonds. The first kappa shape index (κ1) is 16.9. The minimum Gasteiger partial charge on any atom is -0.496 e. The lowest BCUT2D eigenvalue weighted by Gasteiger charge is -2.14. The van der Waals surface area contributed by atoms with Crippen molar-refractivity contribution >= 4 is 5.96 Å². The number of rotatable bonds is 7. The highest BCUT2D eigenvalue weighted by Gasteiger charge is 2.11. The standard InChI is InChI=1S/C15H25N3O3/c1-6-10(2)18-15(16)17-9-11-7-13(20-4)14(21-5)8-12(11)19-3/h7-8,10H,6,9H2,1-5H3,(H3,16,17,18). The number of nitrogens with one attached hydrogen (secondary N) is 1. The van der Waals surface area contributed by atoms with Crippen molar-refractivity contribution in [3.8, 4) is 17.2 Å².